The third kappa shape index (κ3) is 7.23. The number of Topliss-reactive ketones (excluding diaryl/α,β-unsaturated/α-hetero) is 1. The van der Waals surface area contributed by atoms with E-state index in [0.29, 0.717) is 0 Å². The first kappa shape index (κ1) is 20.5. The quantitative estimate of drug-likeness (QED) is 0.522. The molecule has 0 spiro atoms. The van der Waals surface area contributed by atoms with E-state index in [2.05, 4.69) is 9.47 Å². The highest BCUT2D eigenvalue weighted by molar-refractivity contribution is 6.34. The number of hydrogen-bond donors (Lipinski definition) is 0. The molecule has 1 aromatic carbocycles. The van der Waals surface area contributed by atoms with E-state index in [4.69, 9.17) is 4.74 Å². The minimum Gasteiger partial charge on any atom is -0.490 e. The van der Waals surface area contributed by atoms with Gasteiger partial charge in [-0.05, 0) is 38.1 Å². The van der Waals surface area contributed by atoms with Crippen molar-refractivity contribution in [2.24, 2.45) is 0 Å². The van der Waals surface area contributed by atoms with E-state index in [1.165, 1.54) is 13.8 Å². The van der Waals surface area contributed by atoms with Crippen molar-refractivity contribution >= 4 is 17.7 Å². The Balaban J connectivity index is 2.43. The minimum atomic E-state index is -4.45. The third-order valence-electron chi connectivity index (χ3n) is 2.84. The van der Waals surface area contributed by atoms with Gasteiger partial charge in [0.2, 0.25) is 0 Å². The normalized spacial score (nSPS) is 12.2. The zero-order valence-corrected chi connectivity index (χ0v) is 13.6. The molecule has 0 bridgehead atoms. The molecule has 0 aliphatic rings. The van der Waals surface area contributed by atoms with Crippen LogP contribution in [0.15, 0.2) is 24.3 Å². The lowest BCUT2D eigenvalue weighted by Gasteiger charge is -2.14. The van der Waals surface area contributed by atoms with Crippen LogP contribution in [0.1, 0.15) is 25.8 Å². The summed E-state index contributed by atoms with van der Waals surface area (Å²) in [4.78, 5) is 33.9. The Morgan fingerprint density at radius 3 is 2.20 bits per heavy atom. The van der Waals surface area contributed by atoms with Crippen LogP contribution < -0.4 is 4.74 Å². The molecule has 0 radical (unpaired) electrons. The summed E-state index contributed by atoms with van der Waals surface area (Å²) in [6.45, 7) is 2.31. The monoisotopic (exact) mass is 362 g/mol. The summed E-state index contributed by atoms with van der Waals surface area (Å²) in [6.07, 6.45) is -5.40. The molecule has 6 nitrogen and oxygen atoms in total. The van der Waals surface area contributed by atoms with Crippen LogP contribution in [-0.2, 0) is 30.0 Å². The second kappa shape index (κ2) is 9.05. The van der Waals surface area contributed by atoms with E-state index in [1.807, 2.05) is 0 Å². The Hall–Kier alpha value is -2.58. The molecule has 1 unspecified atom stereocenters. The molecule has 0 aliphatic heterocycles. The Bertz CT molecular complexity index is 609. The van der Waals surface area contributed by atoms with Gasteiger partial charge in [-0.3, -0.25) is 9.59 Å². The number of carbonyl (C=O) groups is 3. The molecule has 1 rings (SSSR count). The van der Waals surface area contributed by atoms with Gasteiger partial charge in [0.05, 0.1) is 18.6 Å². The maximum atomic E-state index is 12.4. The summed E-state index contributed by atoms with van der Waals surface area (Å²) in [5.41, 5.74) is -0.815. The maximum absolute atomic E-state index is 12.4. The van der Waals surface area contributed by atoms with Gasteiger partial charge in [0.25, 0.3) is 5.78 Å². The minimum absolute atomic E-state index is 0.0243. The molecule has 138 valence electrons. The smallest absolute Gasteiger partial charge is 0.416 e. The van der Waals surface area contributed by atoms with E-state index in [0.717, 1.165) is 24.3 Å². The highest BCUT2D eigenvalue weighted by Gasteiger charge is 2.30. The van der Waals surface area contributed by atoms with Crippen molar-refractivity contribution in [1.29, 1.82) is 0 Å². The molecule has 9 heteroatoms. The van der Waals surface area contributed by atoms with E-state index >= 15 is 0 Å². The van der Waals surface area contributed by atoms with Crippen LogP contribution >= 0.6 is 0 Å². The first-order valence-electron chi connectivity index (χ1n) is 7.33. The third-order valence-corrected chi connectivity index (χ3v) is 2.84. The molecule has 0 aromatic heterocycles. The van der Waals surface area contributed by atoms with Gasteiger partial charge in [0.1, 0.15) is 11.9 Å². The Morgan fingerprint density at radius 2 is 1.68 bits per heavy atom. The van der Waals surface area contributed by atoms with Crippen LogP contribution in [0.4, 0.5) is 13.2 Å². The number of halogens is 3. The van der Waals surface area contributed by atoms with E-state index in [-0.39, 0.29) is 18.8 Å². The van der Waals surface area contributed by atoms with Crippen molar-refractivity contribution in [2.45, 2.75) is 32.5 Å². The maximum Gasteiger partial charge on any atom is 0.416 e. The van der Waals surface area contributed by atoms with Crippen LogP contribution in [-0.4, -0.2) is 37.0 Å². The Labute approximate surface area is 141 Å². The van der Waals surface area contributed by atoms with Gasteiger partial charge < -0.3 is 14.2 Å². The fourth-order valence-electron chi connectivity index (χ4n) is 1.71. The zero-order valence-electron chi connectivity index (χ0n) is 13.6. The lowest BCUT2D eigenvalue weighted by molar-refractivity contribution is -0.159. The average molecular weight is 362 g/mol. The van der Waals surface area contributed by atoms with Crippen LogP contribution in [0.2, 0.25) is 0 Å². The van der Waals surface area contributed by atoms with Gasteiger partial charge in [-0.25, -0.2) is 4.79 Å². The number of carbonyl (C=O) groups excluding carboxylic acids is 3. The summed E-state index contributed by atoms with van der Waals surface area (Å²) < 4.78 is 51.7. The number of esters is 2. The molecule has 0 amide bonds. The number of ether oxygens (including phenoxy) is 3. The molecule has 1 atom stereocenters. The van der Waals surface area contributed by atoms with Crippen LogP contribution in [0.5, 0.6) is 5.75 Å². The largest absolute Gasteiger partial charge is 0.490 e. The predicted octanol–water partition coefficient (Wildman–Crippen LogP) is 2.54. The molecule has 0 aliphatic carbocycles. The van der Waals surface area contributed by atoms with Crippen LogP contribution in [0, 0.1) is 0 Å². The number of rotatable bonds is 8. The van der Waals surface area contributed by atoms with E-state index < -0.39 is 42.2 Å². The summed E-state index contributed by atoms with van der Waals surface area (Å²) in [5, 5.41) is 0. The molecular weight excluding hydrogens is 345 g/mol. The van der Waals surface area contributed by atoms with Crippen molar-refractivity contribution in [2.75, 3.05) is 13.2 Å². The second-order valence-electron chi connectivity index (χ2n) is 4.96. The second-order valence-corrected chi connectivity index (χ2v) is 4.96. The number of ketones is 1. The van der Waals surface area contributed by atoms with Crippen LogP contribution in [0.3, 0.4) is 0 Å². The molecular formula is C16H17F3O6. The topological polar surface area (TPSA) is 78.9 Å². The van der Waals surface area contributed by atoms with Gasteiger partial charge in [-0.2, -0.15) is 13.2 Å². The van der Waals surface area contributed by atoms with Crippen LogP contribution in [0.25, 0.3) is 0 Å². The standard InChI is InChI=1S/C16H17F3O6/c1-3-23-15(22)13(20)9-24-14(21)8-10(2)25-12-6-4-11(5-7-12)16(17,18)19/h4-7,10H,3,8-9H2,1-2H3. The Kier molecular flexibility index (Phi) is 7.41. The van der Waals surface area contributed by atoms with Crippen molar-refractivity contribution in [3.8, 4) is 5.75 Å². The summed E-state index contributed by atoms with van der Waals surface area (Å²) in [7, 11) is 0. The molecule has 0 fully saturated rings. The first-order valence-corrected chi connectivity index (χ1v) is 7.33. The van der Waals surface area contributed by atoms with Gasteiger partial charge in [-0.1, -0.05) is 0 Å². The van der Waals surface area contributed by atoms with E-state index in [1.54, 1.807) is 0 Å². The Morgan fingerprint density at radius 1 is 1.08 bits per heavy atom. The molecule has 25 heavy (non-hydrogen) atoms. The first-order chi connectivity index (χ1) is 11.6. The summed E-state index contributed by atoms with van der Waals surface area (Å²) >= 11 is 0. The van der Waals surface area contributed by atoms with Gasteiger partial charge >= 0.3 is 18.1 Å². The molecule has 0 saturated heterocycles. The highest BCUT2D eigenvalue weighted by atomic mass is 19.4. The fourth-order valence-corrected chi connectivity index (χ4v) is 1.71. The number of benzene rings is 1. The molecule has 1 aromatic rings. The van der Waals surface area contributed by atoms with Gasteiger partial charge in [0, 0.05) is 0 Å². The summed E-state index contributed by atoms with van der Waals surface area (Å²) in [5.74, 6) is -2.73. The summed E-state index contributed by atoms with van der Waals surface area (Å²) in [6, 6.07) is 3.99. The molecule has 0 saturated carbocycles. The number of alkyl halides is 3. The lowest BCUT2D eigenvalue weighted by atomic mass is 10.2. The molecule has 0 N–H and O–H groups in total. The SMILES string of the molecule is CCOC(=O)C(=O)COC(=O)CC(C)Oc1ccc(C(F)(F)F)cc1. The van der Waals surface area contributed by atoms with Gasteiger partial charge in [-0.15, -0.1) is 0 Å². The van der Waals surface area contributed by atoms with Gasteiger partial charge in [0.15, 0.2) is 6.61 Å². The fraction of sp³-hybridized carbons (Fsp3) is 0.438. The zero-order chi connectivity index (χ0) is 19.0. The average Bonchev–Trinajstić information content (AvgIpc) is 2.52. The van der Waals surface area contributed by atoms with Crippen molar-refractivity contribution < 1.29 is 41.8 Å². The predicted molar refractivity (Wildman–Crippen MR) is 78.8 cm³/mol. The van der Waals surface area contributed by atoms with Crippen molar-refractivity contribution in [3.63, 3.8) is 0 Å². The highest BCUT2D eigenvalue weighted by Crippen LogP contribution is 2.30. The van der Waals surface area contributed by atoms with Crippen molar-refractivity contribution in [1.82, 2.24) is 0 Å². The molecule has 0 heterocycles. The number of hydrogen-bond acceptors (Lipinski definition) is 6. The van der Waals surface area contributed by atoms with E-state index in [9.17, 15) is 27.6 Å². The van der Waals surface area contributed by atoms with Crippen molar-refractivity contribution in [3.05, 3.63) is 29.8 Å². The lowest BCUT2D eigenvalue weighted by Crippen LogP contribution is -2.26.